The summed E-state index contributed by atoms with van der Waals surface area (Å²) in [6.45, 7) is 7.51. The van der Waals surface area contributed by atoms with Crippen molar-refractivity contribution in [2.75, 3.05) is 19.6 Å². The molecule has 160 valence electrons. The average molecular weight is 412 g/mol. The van der Waals surface area contributed by atoms with Crippen molar-refractivity contribution in [2.45, 2.75) is 39.5 Å². The van der Waals surface area contributed by atoms with Crippen LogP contribution in [0.5, 0.6) is 0 Å². The van der Waals surface area contributed by atoms with E-state index < -0.39 is 0 Å². The van der Waals surface area contributed by atoms with Gasteiger partial charge in [-0.25, -0.2) is 4.39 Å². The van der Waals surface area contributed by atoms with Crippen LogP contribution in [0.3, 0.4) is 0 Å². The molecule has 2 atom stereocenters. The summed E-state index contributed by atoms with van der Waals surface area (Å²) in [5.41, 5.74) is 3.00. The van der Waals surface area contributed by atoms with Gasteiger partial charge in [0.05, 0.1) is 6.42 Å². The van der Waals surface area contributed by atoms with E-state index in [0.717, 1.165) is 23.1 Å². The topological polar surface area (TPSA) is 62.3 Å². The van der Waals surface area contributed by atoms with Crippen molar-refractivity contribution in [2.24, 2.45) is 11.8 Å². The third-order valence-electron chi connectivity index (χ3n) is 5.90. The van der Waals surface area contributed by atoms with E-state index in [1.54, 1.807) is 12.4 Å². The number of rotatable bonds is 6. The first-order valence-corrected chi connectivity index (χ1v) is 10.6. The second-order valence-corrected chi connectivity index (χ2v) is 8.43. The first-order chi connectivity index (χ1) is 14.3. The second-order valence-electron chi connectivity index (χ2n) is 8.43. The number of nitrogens with one attached hydrogen (secondary N) is 1. The minimum Gasteiger partial charge on any atom is -0.355 e. The summed E-state index contributed by atoms with van der Waals surface area (Å²) in [4.78, 5) is 31.1. The van der Waals surface area contributed by atoms with Crippen molar-refractivity contribution in [3.8, 4) is 0 Å². The Kier molecular flexibility index (Phi) is 7.19. The highest BCUT2D eigenvalue weighted by Crippen LogP contribution is 2.33. The number of aryl methyl sites for hydroxylation is 1. The Morgan fingerprint density at radius 1 is 1.23 bits per heavy atom. The van der Waals surface area contributed by atoms with Gasteiger partial charge in [-0.15, -0.1) is 0 Å². The molecule has 5 nitrogen and oxygen atoms in total. The zero-order valence-electron chi connectivity index (χ0n) is 17.9. The van der Waals surface area contributed by atoms with E-state index in [0.29, 0.717) is 19.6 Å². The number of piperidine rings is 1. The number of carbonyl (C=O) groups is 2. The molecule has 0 radical (unpaired) electrons. The molecule has 1 aromatic heterocycles. The molecule has 1 aromatic carbocycles. The van der Waals surface area contributed by atoms with Gasteiger partial charge in [0.2, 0.25) is 11.8 Å². The number of hydrogen-bond acceptors (Lipinski definition) is 3. The van der Waals surface area contributed by atoms with Gasteiger partial charge in [-0.1, -0.05) is 26.0 Å². The Bertz CT molecular complexity index is 882. The van der Waals surface area contributed by atoms with Crippen LogP contribution in [0.4, 0.5) is 4.39 Å². The molecule has 0 spiro atoms. The molecule has 1 N–H and O–H groups in total. The number of nitrogens with zero attached hydrogens (tertiary/aromatic N) is 2. The van der Waals surface area contributed by atoms with Gasteiger partial charge in [-0.2, -0.15) is 0 Å². The highest BCUT2D eigenvalue weighted by atomic mass is 19.1. The minimum absolute atomic E-state index is 0.0590. The lowest BCUT2D eigenvalue weighted by Gasteiger charge is -2.39. The standard InChI is InChI=1S/C24H30FN3O2/c1-16(2)24(30)28-11-9-22(18-4-6-21(25)7-5-18)20(15-28)14-27-23(29)12-19-13-26-10-8-17(19)3/h4-8,10,13,16,20,22H,9,11-12,14-15H2,1-3H3,(H,27,29)/t20-,22-/m1/s1. The van der Waals surface area contributed by atoms with Crippen molar-refractivity contribution in [3.63, 3.8) is 0 Å². The Morgan fingerprint density at radius 2 is 1.97 bits per heavy atom. The summed E-state index contributed by atoms with van der Waals surface area (Å²) in [6, 6.07) is 8.47. The van der Waals surface area contributed by atoms with Crippen LogP contribution in [0, 0.1) is 24.6 Å². The lowest BCUT2D eigenvalue weighted by Crippen LogP contribution is -2.48. The lowest BCUT2D eigenvalue weighted by molar-refractivity contribution is -0.136. The molecule has 30 heavy (non-hydrogen) atoms. The number of pyridine rings is 1. The molecule has 0 aliphatic carbocycles. The first-order valence-electron chi connectivity index (χ1n) is 10.6. The monoisotopic (exact) mass is 411 g/mol. The van der Waals surface area contributed by atoms with Crippen molar-refractivity contribution in [1.82, 2.24) is 15.2 Å². The van der Waals surface area contributed by atoms with E-state index in [-0.39, 0.29) is 41.8 Å². The van der Waals surface area contributed by atoms with E-state index in [1.165, 1.54) is 12.1 Å². The predicted molar refractivity (Wildman–Crippen MR) is 114 cm³/mol. The van der Waals surface area contributed by atoms with Gasteiger partial charge in [-0.3, -0.25) is 14.6 Å². The molecule has 2 heterocycles. The third kappa shape index (κ3) is 5.43. The molecule has 6 heteroatoms. The van der Waals surface area contributed by atoms with E-state index >= 15 is 0 Å². The largest absolute Gasteiger partial charge is 0.355 e. The molecule has 1 aliphatic rings. The molecule has 1 aliphatic heterocycles. The SMILES string of the molecule is Cc1ccncc1CC(=O)NC[C@@H]1CN(C(=O)C(C)C)CC[C@@H]1c1ccc(F)cc1. The van der Waals surface area contributed by atoms with Gasteiger partial charge in [0.1, 0.15) is 5.82 Å². The number of halogens is 1. The molecule has 0 bridgehead atoms. The molecule has 0 unspecified atom stereocenters. The molecule has 1 fully saturated rings. The number of carbonyl (C=O) groups excluding carboxylic acids is 2. The van der Waals surface area contributed by atoms with Crippen molar-refractivity contribution >= 4 is 11.8 Å². The van der Waals surface area contributed by atoms with Crippen LogP contribution >= 0.6 is 0 Å². The Labute approximate surface area is 177 Å². The van der Waals surface area contributed by atoms with Crippen LogP contribution in [-0.4, -0.2) is 41.3 Å². The zero-order valence-corrected chi connectivity index (χ0v) is 17.9. The smallest absolute Gasteiger partial charge is 0.225 e. The maximum absolute atomic E-state index is 13.4. The van der Waals surface area contributed by atoms with E-state index in [2.05, 4.69) is 10.3 Å². The highest BCUT2D eigenvalue weighted by Gasteiger charge is 2.33. The second kappa shape index (κ2) is 9.83. The van der Waals surface area contributed by atoms with Crippen LogP contribution in [0.1, 0.15) is 42.9 Å². The summed E-state index contributed by atoms with van der Waals surface area (Å²) in [5.74, 6) is -0.00161. The maximum Gasteiger partial charge on any atom is 0.225 e. The van der Waals surface area contributed by atoms with Crippen LogP contribution in [0.15, 0.2) is 42.7 Å². The number of hydrogen-bond donors (Lipinski definition) is 1. The summed E-state index contributed by atoms with van der Waals surface area (Å²) in [6.07, 6.45) is 4.51. The van der Waals surface area contributed by atoms with Crippen LogP contribution < -0.4 is 5.32 Å². The Balaban J connectivity index is 1.70. The fraction of sp³-hybridized carbons (Fsp3) is 0.458. The normalized spacial score (nSPS) is 19.0. The maximum atomic E-state index is 13.4. The Morgan fingerprint density at radius 3 is 2.63 bits per heavy atom. The summed E-state index contributed by atoms with van der Waals surface area (Å²) >= 11 is 0. The number of benzene rings is 1. The van der Waals surface area contributed by atoms with Gasteiger partial charge in [0, 0.05) is 43.9 Å². The fourth-order valence-corrected chi connectivity index (χ4v) is 4.12. The molecule has 0 saturated carbocycles. The molecule has 3 rings (SSSR count). The van der Waals surface area contributed by atoms with Gasteiger partial charge >= 0.3 is 0 Å². The molecular weight excluding hydrogens is 381 g/mol. The Hall–Kier alpha value is -2.76. The van der Waals surface area contributed by atoms with Gasteiger partial charge < -0.3 is 10.2 Å². The van der Waals surface area contributed by atoms with Gasteiger partial charge in [-0.05, 0) is 54.2 Å². The van der Waals surface area contributed by atoms with Crippen LogP contribution in [0.25, 0.3) is 0 Å². The minimum atomic E-state index is -0.261. The lowest BCUT2D eigenvalue weighted by atomic mass is 9.80. The van der Waals surface area contributed by atoms with E-state index in [4.69, 9.17) is 0 Å². The zero-order chi connectivity index (χ0) is 21.7. The van der Waals surface area contributed by atoms with E-state index in [9.17, 15) is 14.0 Å². The summed E-state index contributed by atoms with van der Waals surface area (Å²) in [7, 11) is 0. The molecule has 2 amide bonds. The quantitative estimate of drug-likeness (QED) is 0.792. The highest BCUT2D eigenvalue weighted by molar-refractivity contribution is 5.79. The van der Waals surface area contributed by atoms with Crippen molar-refractivity contribution in [1.29, 1.82) is 0 Å². The molecular formula is C24H30FN3O2. The predicted octanol–water partition coefficient (Wildman–Crippen LogP) is 3.48. The average Bonchev–Trinajstić information content (AvgIpc) is 2.74. The number of amides is 2. The summed E-state index contributed by atoms with van der Waals surface area (Å²) < 4.78 is 13.4. The van der Waals surface area contributed by atoms with Crippen molar-refractivity contribution in [3.05, 3.63) is 65.2 Å². The van der Waals surface area contributed by atoms with Crippen LogP contribution in [0.2, 0.25) is 0 Å². The fourth-order valence-electron chi connectivity index (χ4n) is 4.12. The first kappa shape index (κ1) is 21.9. The molecule has 1 saturated heterocycles. The van der Waals surface area contributed by atoms with Gasteiger partial charge in [0.15, 0.2) is 0 Å². The number of aromatic nitrogens is 1. The van der Waals surface area contributed by atoms with Crippen LogP contribution in [-0.2, 0) is 16.0 Å². The number of likely N-dealkylation sites (tertiary alicyclic amines) is 1. The molecule has 2 aromatic rings. The summed E-state index contributed by atoms with van der Waals surface area (Å²) in [5, 5.41) is 3.05. The van der Waals surface area contributed by atoms with Crippen molar-refractivity contribution < 1.29 is 14.0 Å². The van der Waals surface area contributed by atoms with E-state index in [1.807, 2.05) is 43.9 Å². The third-order valence-corrected chi connectivity index (χ3v) is 5.90. The van der Waals surface area contributed by atoms with Gasteiger partial charge in [0.25, 0.3) is 0 Å².